The van der Waals surface area contributed by atoms with Crippen LogP contribution in [0.5, 0.6) is 0 Å². The first kappa shape index (κ1) is 13.0. The lowest BCUT2D eigenvalue weighted by Crippen LogP contribution is -2.13. The summed E-state index contributed by atoms with van der Waals surface area (Å²) in [7, 11) is 0. The molecule has 5 nitrogen and oxygen atoms in total. The van der Waals surface area contributed by atoms with Gasteiger partial charge in [-0.2, -0.15) is 0 Å². The number of aryl methyl sites for hydroxylation is 1. The lowest BCUT2D eigenvalue weighted by molar-refractivity contribution is 0.102. The maximum Gasteiger partial charge on any atom is 0.259 e. The summed E-state index contributed by atoms with van der Waals surface area (Å²) in [6.07, 6.45) is 2.23. The van der Waals surface area contributed by atoms with Crippen LogP contribution in [0.4, 0.5) is 5.69 Å². The minimum Gasteiger partial charge on any atom is -0.336 e. The summed E-state index contributed by atoms with van der Waals surface area (Å²) in [5, 5.41) is 7.56. The highest BCUT2D eigenvalue weighted by Gasteiger charge is 2.28. The third-order valence-electron chi connectivity index (χ3n) is 3.91. The van der Waals surface area contributed by atoms with Crippen molar-refractivity contribution in [1.82, 2.24) is 10.1 Å². The van der Waals surface area contributed by atoms with E-state index in [0.717, 1.165) is 24.2 Å². The highest BCUT2D eigenvalue weighted by molar-refractivity contribution is 6.12. The first-order valence-electron chi connectivity index (χ1n) is 7.35. The van der Waals surface area contributed by atoms with E-state index in [4.69, 9.17) is 4.52 Å². The van der Waals surface area contributed by atoms with Crippen molar-refractivity contribution in [2.45, 2.75) is 25.7 Å². The third-order valence-corrected chi connectivity index (χ3v) is 3.91. The fourth-order valence-corrected chi connectivity index (χ4v) is 2.60. The fourth-order valence-electron chi connectivity index (χ4n) is 2.60. The second-order valence-corrected chi connectivity index (χ2v) is 5.64. The maximum absolute atomic E-state index is 12.7. The topological polar surface area (TPSA) is 68.0 Å². The Morgan fingerprint density at radius 3 is 2.77 bits per heavy atom. The number of fused-ring (bicyclic) bond motifs is 1. The van der Waals surface area contributed by atoms with Gasteiger partial charge in [0.05, 0.1) is 16.6 Å². The number of rotatable bonds is 3. The van der Waals surface area contributed by atoms with Gasteiger partial charge >= 0.3 is 0 Å². The molecule has 0 spiro atoms. The first-order chi connectivity index (χ1) is 10.7. The highest BCUT2D eigenvalue weighted by Crippen LogP contribution is 2.40. The summed E-state index contributed by atoms with van der Waals surface area (Å²) in [5.41, 5.74) is 3.39. The van der Waals surface area contributed by atoms with Crippen molar-refractivity contribution in [3.8, 4) is 0 Å². The average molecular weight is 293 g/mol. The number of aromatic nitrogens is 2. The van der Waals surface area contributed by atoms with Gasteiger partial charge in [0, 0.05) is 17.3 Å². The van der Waals surface area contributed by atoms with E-state index in [0.29, 0.717) is 28.3 Å². The molecule has 2 heterocycles. The number of nitrogens with one attached hydrogen (secondary N) is 1. The molecule has 0 saturated heterocycles. The van der Waals surface area contributed by atoms with Crippen LogP contribution in [0.15, 0.2) is 40.9 Å². The number of hydrogen-bond acceptors (Lipinski definition) is 4. The summed E-state index contributed by atoms with van der Waals surface area (Å²) >= 11 is 0. The maximum atomic E-state index is 12.7. The Bertz CT molecular complexity index is 851. The number of carbonyl (C=O) groups is 1. The number of benzene rings is 1. The predicted molar refractivity (Wildman–Crippen MR) is 82.9 cm³/mol. The van der Waals surface area contributed by atoms with Crippen LogP contribution >= 0.6 is 0 Å². The summed E-state index contributed by atoms with van der Waals surface area (Å²) in [5.74, 6) is 0.282. The lowest BCUT2D eigenvalue weighted by atomic mass is 10.1. The van der Waals surface area contributed by atoms with E-state index in [2.05, 4.69) is 15.5 Å². The zero-order valence-electron chi connectivity index (χ0n) is 12.2. The van der Waals surface area contributed by atoms with Crippen molar-refractivity contribution < 1.29 is 9.32 Å². The largest absolute Gasteiger partial charge is 0.336 e. The molecule has 1 aromatic carbocycles. The van der Waals surface area contributed by atoms with Crippen molar-refractivity contribution in [1.29, 1.82) is 0 Å². The van der Waals surface area contributed by atoms with E-state index in [1.807, 2.05) is 43.3 Å². The molecule has 22 heavy (non-hydrogen) atoms. The number of pyridine rings is 1. The third kappa shape index (κ3) is 2.24. The first-order valence-corrected chi connectivity index (χ1v) is 7.35. The molecule has 1 N–H and O–H groups in total. The van der Waals surface area contributed by atoms with Crippen LogP contribution < -0.4 is 5.32 Å². The van der Waals surface area contributed by atoms with Gasteiger partial charge in [-0.25, -0.2) is 4.98 Å². The molecule has 0 aliphatic heterocycles. The van der Waals surface area contributed by atoms with Gasteiger partial charge in [-0.15, -0.1) is 0 Å². The van der Waals surface area contributed by atoms with Crippen LogP contribution in [0.2, 0.25) is 0 Å². The van der Waals surface area contributed by atoms with E-state index in [-0.39, 0.29) is 5.91 Å². The highest BCUT2D eigenvalue weighted by atomic mass is 16.5. The monoisotopic (exact) mass is 293 g/mol. The predicted octanol–water partition coefficient (Wildman–Crippen LogP) is 3.66. The fraction of sp³-hybridized carbons (Fsp3) is 0.235. The molecule has 1 amide bonds. The Labute approximate surface area is 127 Å². The Morgan fingerprint density at radius 2 is 2.05 bits per heavy atom. The molecule has 2 aromatic heterocycles. The van der Waals surface area contributed by atoms with Crippen LogP contribution in [0.25, 0.3) is 11.1 Å². The zero-order valence-corrected chi connectivity index (χ0v) is 12.2. The van der Waals surface area contributed by atoms with Gasteiger partial charge in [-0.3, -0.25) is 4.79 Å². The Hall–Kier alpha value is -2.69. The second kappa shape index (κ2) is 4.94. The summed E-state index contributed by atoms with van der Waals surface area (Å²) in [6.45, 7) is 1.82. The number of amides is 1. The number of hydrogen-bond donors (Lipinski definition) is 1. The summed E-state index contributed by atoms with van der Waals surface area (Å²) < 4.78 is 5.27. The SMILES string of the molecule is Cc1noc2nc(C3CC3)cc(C(=O)Nc3ccccc3)c12. The Balaban J connectivity index is 1.78. The van der Waals surface area contributed by atoms with E-state index >= 15 is 0 Å². The molecule has 1 fully saturated rings. The quantitative estimate of drug-likeness (QED) is 0.800. The van der Waals surface area contributed by atoms with Crippen LogP contribution in [0, 0.1) is 6.92 Å². The van der Waals surface area contributed by atoms with Gasteiger partial charge in [0.2, 0.25) is 0 Å². The van der Waals surface area contributed by atoms with Crippen molar-refractivity contribution in [2.24, 2.45) is 0 Å². The van der Waals surface area contributed by atoms with E-state index in [1.54, 1.807) is 0 Å². The second-order valence-electron chi connectivity index (χ2n) is 5.64. The van der Waals surface area contributed by atoms with Crippen molar-refractivity contribution in [2.75, 3.05) is 5.32 Å². The van der Waals surface area contributed by atoms with Crippen molar-refractivity contribution in [3.05, 3.63) is 53.3 Å². The molecule has 110 valence electrons. The van der Waals surface area contributed by atoms with Gasteiger partial charge in [-0.05, 0) is 38.0 Å². The van der Waals surface area contributed by atoms with E-state index in [1.165, 1.54) is 0 Å². The molecule has 0 bridgehead atoms. The Kier molecular flexibility index (Phi) is 2.92. The minimum atomic E-state index is -0.160. The van der Waals surface area contributed by atoms with Gasteiger partial charge in [0.1, 0.15) is 0 Å². The molecule has 3 aromatic rings. The zero-order chi connectivity index (χ0) is 15.1. The molecule has 5 heteroatoms. The van der Waals surface area contributed by atoms with Crippen LogP contribution in [-0.4, -0.2) is 16.0 Å². The average Bonchev–Trinajstić information content (AvgIpc) is 3.32. The van der Waals surface area contributed by atoms with Crippen LogP contribution in [0.1, 0.15) is 40.5 Å². The van der Waals surface area contributed by atoms with Crippen molar-refractivity contribution >= 4 is 22.7 Å². The van der Waals surface area contributed by atoms with E-state index in [9.17, 15) is 4.79 Å². The number of para-hydroxylation sites is 1. The molecular weight excluding hydrogens is 278 g/mol. The molecule has 4 rings (SSSR count). The smallest absolute Gasteiger partial charge is 0.259 e. The summed E-state index contributed by atoms with van der Waals surface area (Å²) in [6, 6.07) is 11.3. The van der Waals surface area contributed by atoms with Crippen LogP contribution in [-0.2, 0) is 0 Å². The number of anilines is 1. The number of carbonyl (C=O) groups excluding carboxylic acids is 1. The van der Waals surface area contributed by atoms with Gasteiger partial charge in [0.25, 0.3) is 11.6 Å². The lowest BCUT2D eigenvalue weighted by Gasteiger charge is -2.07. The van der Waals surface area contributed by atoms with Gasteiger partial charge < -0.3 is 9.84 Å². The minimum absolute atomic E-state index is 0.160. The molecule has 0 radical (unpaired) electrons. The summed E-state index contributed by atoms with van der Waals surface area (Å²) in [4.78, 5) is 17.2. The van der Waals surface area contributed by atoms with Crippen molar-refractivity contribution in [3.63, 3.8) is 0 Å². The molecular formula is C17H15N3O2. The normalized spacial score (nSPS) is 14.2. The Morgan fingerprint density at radius 1 is 1.27 bits per heavy atom. The molecule has 1 aliphatic carbocycles. The molecule has 0 unspecified atom stereocenters. The van der Waals surface area contributed by atoms with Crippen LogP contribution in [0.3, 0.4) is 0 Å². The molecule has 1 aliphatic rings. The van der Waals surface area contributed by atoms with Gasteiger partial charge in [0.15, 0.2) is 0 Å². The molecule has 1 saturated carbocycles. The van der Waals surface area contributed by atoms with Gasteiger partial charge in [-0.1, -0.05) is 23.4 Å². The number of nitrogens with zero attached hydrogens (tertiary/aromatic N) is 2. The molecule has 0 atom stereocenters. The standard InChI is InChI=1S/C17H15N3O2/c1-10-15-13(16(21)18-12-5-3-2-4-6-12)9-14(11-7-8-11)19-17(15)22-20-10/h2-6,9,11H,7-8H2,1H3,(H,18,21). The van der Waals surface area contributed by atoms with E-state index < -0.39 is 0 Å².